The van der Waals surface area contributed by atoms with Crippen LogP contribution in [-0.4, -0.2) is 60.6 Å². The monoisotopic (exact) mass is 490 g/mol. The first-order valence-corrected chi connectivity index (χ1v) is 13.6. The summed E-state index contributed by atoms with van der Waals surface area (Å²) in [6.45, 7) is 7.16. The van der Waals surface area contributed by atoms with E-state index in [9.17, 15) is 9.59 Å². The van der Waals surface area contributed by atoms with E-state index in [1.54, 1.807) is 0 Å². The van der Waals surface area contributed by atoms with Crippen molar-refractivity contribution >= 4 is 11.8 Å². The number of morpholine rings is 1. The molecule has 2 aliphatic heterocycles. The number of rotatable bonds is 6. The van der Waals surface area contributed by atoms with E-state index in [0.29, 0.717) is 38.5 Å². The van der Waals surface area contributed by atoms with Crippen LogP contribution < -0.4 is 4.74 Å². The Labute approximate surface area is 214 Å². The summed E-state index contributed by atoms with van der Waals surface area (Å²) in [6.07, 6.45) is 5.18. The standard InChI is InChI=1S/C30H38N2O4/c1-3-27(30(34)31-16-18-35-19-17-31)36-25-13-12-22-14-15-32(29(33)24-6-4-5-7-24)28(26(22)20-25)23-10-8-21(2)9-11-23/h8-13,20,24,27-28H,3-7,14-19H2,1-2H3. The highest BCUT2D eigenvalue weighted by Gasteiger charge is 2.36. The average Bonchev–Trinajstić information content (AvgIpc) is 3.46. The zero-order chi connectivity index (χ0) is 25.1. The minimum absolute atomic E-state index is 0.0200. The molecule has 0 N–H and O–H groups in total. The van der Waals surface area contributed by atoms with E-state index in [1.807, 2.05) is 17.9 Å². The molecule has 5 rings (SSSR count). The number of carbonyl (C=O) groups is 2. The van der Waals surface area contributed by atoms with Gasteiger partial charge in [0.05, 0.1) is 19.3 Å². The number of fused-ring (bicyclic) bond motifs is 1. The Balaban J connectivity index is 1.45. The number of benzene rings is 2. The number of hydrogen-bond acceptors (Lipinski definition) is 4. The molecule has 2 heterocycles. The van der Waals surface area contributed by atoms with Gasteiger partial charge in [0.1, 0.15) is 5.75 Å². The van der Waals surface area contributed by atoms with Crippen molar-refractivity contribution < 1.29 is 19.1 Å². The summed E-state index contributed by atoms with van der Waals surface area (Å²) in [5, 5.41) is 0. The molecule has 6 nitrogen and oxygen atoms in total. The molecule has 0 radical (unpaired) electrons. The van der Waals surface area contributed by atoms with Crippen molar-refractivity contribution in [1.82, 2.24) is 9.80 Å². The van der Waals surface area contributed by atoms with Gasteiger partial charge in [-0.2, -0.15) is 0 Å². The maximum absolute atomic E-state index is 13.7. The fourth-order valence-electron chi connectivity index (χ4n) is 5.88. The Morgan fingerprint density at radius 3 is 2.44 bits per heavy atom. The van der Waals surface area contributed by atoms with Gasteiger partial charge in [0, 0.05) is 25.6 Å². The van der Waals surface area contributed by atoms with Gasteiger partial charge in [-0.15, -0.1) is 0 Å². The number of amides is 2. The van der Waals surface area contributed by atoms with Crippen molar-refractivity contribution in [2.75, 3.05) is 32.8 Å². The van der Waals surface area contributed by atoms with Crippen LogP contribution in [0, 0.1) is 12.8 Å². The van der Waals surface area contributed by atoms with Gasteiger partial charge in [0.15, 0.2) is 6.10 Å². The summed E-state index contributed by atoms with van der Waals surface area (Å²) in [4.78, 5) is 30.7. The molecule has 36 heavy (non-hydrogen) atoms. The Bertz CT molecular complexity index is 1070. The Kier molecular flexibility index (Phi) is 7.61. The first-order chi connectivity index (χ1) is 17.5. The van der Waals surface area contributed by atoms with E-state index in [4.69, 9.17) is 9.47 Å². The molecule has 3 aliphatic rings. The molecule has 2 unspecified atom stereocenters. The van der Waals surface area contributed by atoms with Crippen LogP contribution in [-0.2, 0) is 20.7 Å². The van der Waals surface area contributed by atoms with Gasteiger partial charge < -0.3 is 19.3 Å². The smallest absolute Gasteiger partial charge is 0.263 e. The summed E-state index contributed by atoms with van der Waals surface area (Å²) in [7, 11) is 0. The summed E-state index contributed by atoms with van der Waals surface area (Å²) in [5.74, 6) is 1.12. The molecular weight excluding hydrogens is 452 g/mol. The highest BCUT2D eigenvalue weighted by molar-refractivity contribution is 5.82. The predicted molar refractivity (Wildman–Crippen MR) is 139 cm³/mol. The van der Waals surface area contributed by atoms with Gasteiger partial charge >= 0.3 is 0 Å². The molecule has 0 bridgehead atoms. The molecule has 6 heteroatoms. The van der Waals surface area contributed by atoms with E-state index >= 15 is 0 Å². The van der Waals surface area contributed by atoms with Crippen molar-refractivity contribution in [2.24, 2.45) is 5.92 Å². The van der Waals surface area contributed by atoms with E-state index in [2.05, 4.69) is 48.2 Å². The number of ether oxygens (including phenoxy) is 2. The third-order valence-electron chi connectivity index (χ3n) is 7.97. The maximum atomic E-state index is 13.7. The molecule has 2 aromatic rings. The first kappa shape index (κ1) is 24.8. The molecule has 0 spiro atoms. The van der Waals surface area contributed by atoms with Crippen molar-refractivity contribution in [1.29, 1.82) is 0 Å². The molecule has 2 amide bonds. The van der Waals surface area contributed by atoms with Crippen LogP contribution in [0.25, 0.3) is 0 Å². The van der Waals surface area contributed by atoms with Crippen LogP contribution >= 0.6 is 0 Å². The van der Waals surface area contributed by atoms with Crippen LogP contribution in [0.4, 0.5) is 0 Å². The highest BCUT2D eigenvalue weighted by atomic mass is 16.5. The van der Waals surface area contributed by atoms with Gasteiger partial charge in [0.25, 0.3) is 5.91 Å². The Morgan fingerprint density at radius 2 is 1.75 bits per heavy atom. The summed E-state index contributed by atoms with van der Waals surface area (Å²) >= 11 is 0. The summed E-state index contributed by atoms with van der Waals surface area (Å²) in [5.41, 5.74) is 4.69. The average molecular weight is 491 g/mol. The van der Waals surface area contributed by atoms with Crippen molar-refractivity contribution in [3.05, 3.63) is 64.7 Å². The van der Waals surface area contributed by atoms with Crippen LogP contribution in [0.1, 0.15) is 67.3 Å². The minimum atomic E-state index is -0.529. The van der Waals surface area contributed by atoms with Crippen LogP contribution in [0.3, 0.4) is 0 Å². The van der Waals surface area contributed by atoms with Gasteiger partial charge in [-0.3, -0.25) is 9.59 Å². The molecule has 2 atom stereocenters. The van der Waals surface area contributed by atoms with E-state index < -0.39 is 6.10 Å². The quantitative estimate of drug-likeness (QED) is 0.590. The normalized spacial score (nSPS) is 21.2. The molecule has 2 aromatic carbocycles. The zero-order valence-electron chi connectivity index (χ0n) is 21.6. The molecule has 1 saturated heterocycles. The SMILES string of the molecule is CCC(Oc1ccc2c(c1)C(c1ccc(C)cc1)N(C(=O)C1CCCC1)CC2)C(=O)N1CCOCC1. The Hall–Kier alpha value is -2.86. The van der Waals surface area contributed by atoms with Crippen molar-refractivity contribution in [3.8, 4) is 5.75 Å². The second-order valence-corrected chi connectivity index (χ2v) is 10.4. The van der Waals surface area contributed by atoms with Gasteiger partial charge in [-0.1, -0.05) is 55.7 Å². The molecule has 192 valence electrons. The molecule has 1 saturated carbocycles. The van der Waals surface area contributed by atoms with Crippen LogP contribution in [0.5, 0.6) is 5.75 Å². The van der Waals surface area contributed by atoms with E-state index in [-0.39, 0.29) is 23.8 Å². The molecule has 1 aliphatic carbocycles. The maximum Gasteiger partial charge on any atom is 0.263 e. The van der Waals surface area contributed by atoms with Gasteiger partial charge in [-0.25, -0.2) is 0 Å². The lowest BCUT2D eigenvalue weighted by Crippen LogP contribution is -2.47. The second-order valence-electron chi connectivity index (χ2n) is 10.4. The largest absolute Gasteiger partial charge is 0.481 e. The second kappa shape index (κ2) is 11.0. The fraction of sp³-hybridized carbons (Fsp3) is 0.533. The van der Waals surface area contributed by atoms with Crippen LogP contribution in [0.15, 0.2) is 42.5 Å². The van der Waals surface area contributed by atoms with Gasteiger partial charge in [-0.05, 0) is 61.4 Å². The number of carbonyl (C=O) groups excluding carboxylic acids is 2. The number of hydrogen-bond donors (Lipinski definition) is 0. The summed E-state index contributed by atoms with van der Waals surface area (Å²) in [6, 6.07) is 14.6. The van der Waals surface area contributed by atoms with E-state index in [1.165, 1.54) is 11.1 Å². The molecule has 0 aromatic heterocycles. The van der Waals surface area contributed by atoms with Crippen molar-refractivity contribution in [2.45, 2.75) is 64.5 Å². The third-order valence-corrected chi connectivity index (χ3v) is 7.97. The first-order valence-electron chi connectivity index (χ1n) is 13.6. The number of aryl methyl sites for hydroxylation is 1. The van der Waals surface area contributed by atoms with E-state index in [0.717, 1.165) is 49.8 Å². The highest BCUT2D eigenvalue weighted by Crippen LogP contribution is 2.40. The lowest BCUT2D eigenvalue weighted by Gasteiger charge is -2.39. The lowest BCUT2D eigenvalue weighted by atomic mass is 9.86. The lowest BCUT2D eigenvalue weighted by molar-refractivity contribution is -0.143. The zero-order valence-corrected chi connectivity index (χ0v) is 21.6. The van der Waals surface area contributed by atoms with Gasteiger partial charge in [0.2, 0.25) is 5.91 Å². The van der Waals surface area contributed by atoms with Crippen LogP contribution in [0.2, 0.25) is 0 Å². The topological polar surface area (TPSA) is 59.1 Å². The fourth-order valence-corrected chi connectivity index (χ4v) is 5.88. The number of nitrogens with zero attached hydrogens (tertiary/aromatic N) is 2. The predicted octanol–water partition coefficient (Wildman–Crippen LogP) is 4.68. The minimum Gasteiger partial charge on any atom is -0.481 e. The van der Waals surface area contributed by atoms with Crippen molar-refractivity contribution in [3.63, 3.8) is 0 Å². The third kappa shape index (κ3) is 5.15. The Morgan fingerprint density at radius 1 is 1.03 bits per heavy atom. The molecular formula is C30H38N2O4. The molecule has 2 fully saturated rings. The summed E-state index contributed by atoms with van der Waals surface area (Å²) < 4.78 is 11.7.